The standard InChI is InChI=1S/C14H23N5O2.CH2O2/c1-18-9-12(17-10-18)14(21)16-5-2-6-19-7-3-11(4-8-19)13(15)20;2-1-3/h9-11H,2-8H2,1H3,(H2,15,20)(H,16,21);1H,(H,2,3). The van der Waals surface area contributed by atoms with E-state index >= 15 is 0 Å². The van der Waals surface area contributed by atoms with Gasteiger partial charge in [0.05, 0.1) is 6.33 Å². The number of aryl methyl sites for hydroxylation is 1. The van der Waals surface area contributed by atoms with Crippen molar-refractivity contribution in [3.05, 3.63) is 18.2 Å². The largest absolute Gasteiger partial charge is 0.483 e. The molecule has 1 fully saturated rings. The van der Waals surface area contributed by atoms with Crippen molar-refractivity contribution in [3.63, 3.8) is 0 Å². The van der Waals surface area contributed by atoms with E-state index in [0.717, 1.165) is 38.9 Å². The molecule has 1 aromatic rings. The van der Waals surface area contributed by atoms with Gasteiger partial charge in [0, 0.05) is 25.7 Å². The van der Waals surface area contributed by atoms with Gasteiger partial charge in [0.1, 0.15) is 5.69 Å². The van der Waals surface area contributed by atoms with Gasteiger partial charge < -0.3 is 25.6 Å². The molecular weight excluding hydrogens is 314 g/mol. The predicted octanol–water partition coefficient (Wildman–Crippen LogP) is -0.562. The molecule has 2 rings (SSSR count). The smallest absolute Gasteiger partial charge is 0.290 e. The summed E-state index contributed by atoms with van der Waals surface area (Å²) in [7, 11) is 1.83. The maximum atomic E-state index is 11.8. The van der Waals surface area contributed by atoms with Crippen molar-refractivity contribution in [3.8, 4) is 0 Å². The Morgan fingerprint density at radius 1 is 1.46 bits per heavy atom. The van der Waals surface area contributed by atoms with E-state index in [9.17, 15) is 9.59 Å². The summed E-state index contributed by atoms with van der Waals surface area (Å²) in [4.78, 5) is 37.5. The number of likely N-dealkylation sites (tertiary alicyclic amines) is 1. The maximum Gasteiger partial charge on any atom is 0.290 e. The van der Waals surface area contributed by atoms with E-state index < -0.39 is 0 Å². The number of nitrogens with zero attached hydrogens (tertiary/aromatic N) is 3. The van der Waals surface area contributed by atoms with Crippen LogP contribution in [-0.2, 0) is 16.6 Å². The van der Waals surface area contributed by atoms with Crippen LogP contribution < -0.4 is 11.1 Å². The lowest BCUT2D eigenvalue weighted by molar-refractivity contribution is -0.123. The molecule has 1 aromatic heterocycles. The molecule has 4 N–H and O–H groups in total. The third-order valence-electron chi connectivity index (χ3n) is 3.86. The number of nitrogens with two attached hydrogens (primary N) is 1. The Bertz CT molecular complexity index is 538. The molecule has 0 spiro atoms. The summed E-state index contributed by atoms with van der Waals surface area (Å²) in [6, 6.07) is 0. The van der Waals surface area contributed by atoms with E-state index in [1.807, 2.05) is 7.05 Å². The molecule has 1 saturated heterocycles. The van der Waals surface area contributed by atoms with Gasteiger partial charge in [-0.25, -0.2) is 4.98 Å². The molecule has 0 bridgehead atoms. The number of carbonyl (C=O) groups excluding carboxylic acids is 2. The molecule has 0 radical (unpaired) electrons. The van der Waals surface area contributed by atoms with Crippen LogP contribution in [0.3, 0.4) is 0 Å². The van der Waals surface area contributed by atoms with Crippen molar-refractivity contribution in [1.82, 2.24) is 19.8 Å². The van der Waals surface area contributed by atoms with Gasteiger partial charge in [-0.3, -0.25) is 14.4 Å². The molecule has 134 valence electrons. The third-order valence-corrected chi connectivity index (χ3v) is 3.86. The molecule has 9 nitrogen and oxygen atoms in total. The summed E-state index contributed by atoms with van der Waals surface area (Å²) >= 11 is 0. The van der Waals surface area contributed by atoms with E-state index in [1.165, 1.54) is 0 Å². The molecule has 0 aromatic carbocycles. The zero-order chi connectivity index (χ0) is 17.9. The van der Waals surface area contributed by atoms with Crippen LogP contribution in [0.25, 0.3) is 0 Å². The Labute approximate surface area is 140 Å². The van der Waals surface area contributed by atoms with Crippen LogP contribution in [0.1, 0.15) is 29.8 Å². The second kappa shape index (κ2) is 10.4. The average molecular weight is 339 g/mol. The van der Waals surface area contributed by atoms with E-state index in [4.69, 9.17) is 15.6 Å². The summed E-state index contributed by atoms with van der Waals surface area (Å²) in [5.74, 6) is -0.287. The highest BCUT2D eigenvalue weighted by atomic mass is 16.3. The zero-order valence-electron chi connectivity index (χ0n) is 13.9. The maximum absolute atomic E-state index is 11.8. The summed E-state index contributed by atoms with van der Waals surface area (Å²) in [5.41, 5.74) is 5.76. The van der Waals surface area contributed by atoms with Crippen LogP contribution in [0.2, 0.25) is 0 Å². The summed E-state index contributed by atoms with van der Waals surface area (Å²) in [6.45, 7) is 3.11. The second-order valence-corrected chi connectivity index (χ2v) is 5.66. The monoisotopic (exact) mass is 339 g/mol. The minimum atomic E-state index is -0.250. The van der Waals surface area contributed by atoms with E-state index in [2.05, 4.69) is 15.2 Å². The highest BCUT2D eigenvalue weighted by Gasteiger charge is 2.22. The van der Waals surface area contributed by atoms with Gasteiger partial charge in [0.2, 0.25) is 5.91 Å². The summed E-state index contributed by atoms with van der Waals surface area (Å²) in [5, 5.41) is 9.75. The first kappa shape index (κ1) is 19.6. The Morgan fingerprint density at radius 2 is 2.08 bits per heavy atom. The number of amides is 2. The molecule has 2 heterocycles. The van der Waals surface area contributed by atoms with Crippen molar-refractivity contribution in [2.45, 2.75) is 19.3 Å². The van der Waals surface area contributed by atoms with Crippen molar-refractivity contribution >= 4 is 18.3 Å². The molecule has 24 heavy (non-hydrogen) atoms. The number of hydrogen-bond acceptors (Lipinski definition) is 5. The Hall–Kier alpha value is -2.42. The number of imidazole rings is 1. The predicted molar refractivity (Wildman–Crippen MR) is 87.2 cm³/mol. The van der Waals surface area contributed by atoms with Crippen molar-refractivity contribution in [1.29, 1.82) is 0 Å². The minimum absolute atomic E-state index is 0.0325. The average Bonchev–Trinajstić information content (AvgIpc) is 2.99. The van der Waals surface area contributed by atoms with Crippen LogP contribution in [-0.4, -0.2) is 64.0 Å². The fourth-order valence-electron chi connectivity index (χ4n) is 2.57. The molecule has 0 unspecified atom stereocenters. The number of nitrogens with one attached hydrogen (secondary N) is 1. The number of hydrogen-bond donors (Lipinski definition) is 3. The first-order valence-corrected chi connectivity index (χ1v) is 7.83. The minimum Gasteiger partial charge on any atom is -0.483 e. The third kappa shape index (κ3) is 6.78. The van der Waals surface area contributed by atoms with Crippen LogP contribution in [0, 0.1) is 5.92 Å². The van der Waals surface area contributed by atoms with Crippen LogP contribution >= 0.6 is 0 Å². The Kier molecular flexibility index (Phi) is 8.48. The van der Waals surface area contributed by atoms with Gasteiger partial charge in [-0.1, -0.05) is 0 Å². The quantitative estimate of drug-likeness (QED) is 0.470. The summed E-state index contributed by atoms with van der Waals surface area (Å²) < 4.78 is 1.75. The van der Waals surface area contributed by atoms with E-state index in [1.54, 1.807) is 17.1 Å². The summed E-state index contributed by atoms with van der Waals surface area (Å²) in [6.07, 6.45) is 5.88. The second-order valence-electron chi connectivity index (χ2n) is 5.66. The van der Waals surface area contributed by atoms with Crippen LogP contribution in [0.15, 0.2) is 12.5 Å². The molecule has 9 heteroatoms. The molecular formula is C15H25N5O4. The highest BCUT2D eigenvalue weighted by Crippen LogP contribution is 2.16. The van der Waals surface area contributed by atoms with Crippen LogP contribution in [0.5, 0.6) is 0 Å². The van der Waals surface area contributed by atoms with E-state index in [-0.39, 0.29) is 24.2 Å². The number of carboxylic acid groups (broad SMARTS) is 1. The SMILES string of the molecule is Cn1cnc(C(=O)NCCCN2CCC(C(N)=O)CC2)c1.O=CO. The van der Waals surface area contributed by atoms with Crippen molar-refractivity contribution < 1.29 is 19.5 Å². The fraction of sp³-hybridized carbons (Fsp3) is 0.600. The molecule has 2 amide bonds. The number of rotatable bonds is 6. The normalized spacial score (nSPS) is 15.2. The van der Waals surface area contributed by atoms with Gasteiger partial charge in [0.15, 0.2) is 0 Å². The fourth-order valence-corrected chi connectivity index (χ4v) is 2.57. The first-order chi connectivity index (χ1) is 11.5. The Morgan fingerprint density at radius 3 is 2.58 bits per heavy atom. The van der Waals surface area contributed by atoms with E-state index in [0.29, 0.717) is 12.2 Å². The lowest BCUT2D eigenvalue weighted by Crippen LogP contribution is -2.39. The van der Waals surface area contributed by atoms with Gasteiger partial charge in [0.25, 0.3) is 12.4 Å². The van der Waals surface area contributed by atoms with Gasteiger partial charge in [-0.05, 0) is 38.9 Å². The number of piperidine rings is 1. The van der Waals surface area contributed by atoms with Crippen molar-refractivity contribution in [2.24, 2.45) is 18.7 Å². The van der Waals surface area contributed by atoms with Gasteiger partial charge >= 0.3 is 0 Å². The number of primary amides is 1. The zero-order valence-corrected chi connectivity index (χ0v) is 13.9. The number of carbonyl (C=O) groups is 3. The lowest BCUT2D eigenvalue weighted by atomic mass is 9.96. The van der Waals surface area contributed by atoms with Crippen LogP contribution in [0.4, 0.5) is 0 Å². The molecule has 0 atom stereocenters. The molecule has 0 saturated carbocycles. The Balaban J connectivity index is 0.000000891. The molecule has 1 aliphatic heterocycles. The molecule has 1 aliphatic rings. The highest BCUT2D eigenvalue weighted by molar-refractivity contribution is 5.91. The van der Waals surface area contributed by atoms with Crippen molar-refractivity contribution in [2.75, 3.05) is 26.2 Å². The first-order valence-electron chi connectivity index (χ1n) is 7.83. The number of aromatic nitrogens is 2. The molecule has 0 aliphatic carbocycles. The topological polar surface area (TPSA) is 131 Å². The van der Waals surface area contributed by atoms with Gasteiger partial charge in [-0.2, -0.15) is 0 Å². The van der Waals surface area contributed by atoms with Gasteiger partial charge in [-0.15, -0.1) is 0 Å². The lowest BCUT2D eigenvalue weighted by Gasteiger charge is -2.30.